The average Bonchev–Trinajstić information content (AvgIpc) is 2.59. The van der Waals surface area contributed by atoms with E-state index >= 15 is 0 Å². The maximum Gasteiger partial charge on any atom is 0.252 e. The summed E-state index contributed by atoms with van der Waals surface area (Å²) in [6.45, 7) is 1.12. The van der Waals surface area contributed by atoms with Crippen LogP contribution in [0.3, 0.4) is 0 Å². The van der Waals surface area contributed by atoms with Crippen LogP contribution in [0.4, 0.5) is 0 Å². The van der Waals surface area contributed by atoms with E-state index in [4.69, 9.17) is 36.3 Å². The summed E-state index contributed by atoms with van der Waals surface area (Å²) in [6.07, 6.45) is 0. The molecule has 3 rings (SSSR count). The number of rotatable bonds is 5. The fraction of sp³-hybridized carbons (Fsp3) is 0.235. The van der Waals surface area contributed by atoms with Crippen molar-refractivity contribution in [2.75, 3.05) is 20.3 Å². The summed E-state index contributed by atoms with van der Waals surface area (Å²) in [5.74, 6) is 1.44. The number of fused-ring (bicyclic) bond motifs is 1. The molecule has 0 spiro atoms. The minimum Gasteiger partial charge on any atom is -0.497 e. The number of amides is 1. The van der Waals surface area contributed by atoms with Crippen LogP contribution in [0, 0.1) is 0 Å². The highest BCUT2D eigenvalue weighted by atomic mass is 35.5. The zero-order valence-electron chi connectivity index (χ0n) is 13.0. The number of halogens is 1. The minimum absolute atomic E-state index is 0.184. The summed E-state index contributed by atoms with van der Waals surface area (Å²) >= 11 is 6.20. The van der Waals surface area contributed by atoms with E-state index in [0.29, 0.717) is 41.2 Å². The maximum absolute atomic E-state index is 11.5. The van der Waals surface area contributed by atoms with Crippen molar-refractivity contribution in [3.63, 3.8) is 0 Å². The fourth-order valence-electron chi connectivity index (χ4n) is 2.36. The summed E-state index contributed by atoms with van der Waals surface area (Å²) in [4.78, 5) is 11.5. The van der Waals surface area contributed by atoms with Crippen LogP contribution in [0.5, 0.6) is 23.0 Å². The van der Waals surface area contributed by atoms with E-state index < -0.39 is 5.91 Å². The summed E-state index contributed by atoms with van der Waals surface area (Å²) < 4.78 is 21.9. The van der Waals surface area contributed by atoms with Crippen LogP contribution in [-0.4, -0.2) is 26.2 Å². The van der Waals surface area contributed by atoms with Crippen molar-refractivity contribution in [2.45, 2.75) is 6.61 Å². The number of carbonyl (C=O) groups is 1. The Labute approximate surface area is 144 Å². The van der Waals surface area contributed by atoms with E-state index in [9.17, 15) is 4.79 Å². The van der Waals surface area contributed by atoms with E-state index in [0.717, 1.165) is 5.56 Å². The lowest BCUT2D eigenvalue weighted by Gasteiger charge is -2.20. The van der Waals surface area contributed by atoms with Crippen molar-refractivity contribution in [3.05, 3.63) is 46.5 Å². The van der Waals surface area contributed by atoms with Crippen molar-refractivity contribution in [1.82, 2.24) is 0 Å². The first-order valence-corrected chi connectivity index (χ1v) is 7.65. The Bertz CT molecular complexity index is 778. The molecule has 0 saturated heterocycles. The number of hydrogen-bond donors (Lipinski definition) is 1. The van der Waals surface area contributed by atoms with Gasteiger partial charge in [-0.1, -0.05) is 11.6 Å². The first kappa shape index (κ1) is 16.3. The van der Waals surface area contributed by atoms with Crippen molar-refractivity contribution in [3.8, 4) is 23.0 Å². The van der Waals surface area contributed by atoms with E-state index in [1.807, 2.05) is 0 Å². The first-order valence-electron chi connectivity index (χ1n) is 7.27. The van der Waals surface area contributed by atoms with Crippen LogP contribution in [0.25, 0.3) is 0 Å². The highest BCUT2D eigenvalue weighted by molar-refractivity contribution is 6.32. The lowest BCUT2D eigenvalue weighted by atomic mass is 10.1. The van der Waals surface area contributed by atoms with Gasteiger partial charge in [-0.15, -0.1) is 0 Å². The highest BCUT2D eigenvalue weighted by Crippen LogP contribution is 2.38. The Balaban J connectivity index is 1.83. The molecule has 6 nitrogen and oxygen atoms in total. The van der Waals surface area contributed by atoms with Crippen LogP contribution in [-0.2, 0) is 6.61 Å². The molecule has 1 heterocycles. The predicted molar refractivity (Wildman–Crippen MR) is 88.3 cm³/mol. The van der Waals surface area contributed by atoms with Crippen molar-refractivity contribution in [2.24, 2.45) is 5.73 Å². The standard InChI is InChI=1S/C17H16ClNO5/c1-21-11-2-3-12(17(19)20)14(8-11)24-9-10-6-13(18)16-15(7-10)22-4-5-23-16/h2-3,6-8H,4-5,9H2,1H3,(H2,19,20). The quantitative estimate of drug-likeness (QED) is 0.897. The third-order valence-corrected chi connectivity index (χ3v) is 3.79. The molecule has 1 aliphatic rings. The molecule has 0 saturated carbocycles. The largest absolute Gasteiger partial charge is 0.497 e. The lowest BCUT2D eigenvalue weighted by Crippen LogP contribution is -2.16. The average molecular weight is 350 g/mol. The summed E-state index contributed by atoms with van der Waals surface area (Å²) in [6, 6.07) is 8.35. The van der Waals surface area contributed by atoms with Gasteiger partial charge in [0.15, 0.2) is 11.5 Å². The van der Waals surface area contributed by atoms with Crippen LogP contribution < -0.4 is 24.7 Å². The molecule has 1 aliphatic heterocycles. The molecule has 2 aromatic rings. The van der Waals surface area contributed by atoms with Gasteiger partial charge in [-0.25, -0.2) is 0 Å². The van der Waals surface area contributed by atoms with E-state index in [1.54, 1.807) is 30.3 Å². The molecule has 0 aromatic heterocycles. The van der Waals surface area contributed by atoms with Gasteiger partial charge in [0.05, 0.1) is 17.7 Å². The number of methoxy groups -OCH3 is 1. The molecule has 0 atom stereocenters. The molecule has 24 heavy (non-hydrogen) atoms. The molecule has 0 radical (unpaired) electrons. The number of hydrogen-bond acceptors (Lipinski definition) is 5. The predicted octanol–water partition coefficient (Wildman–Crippen LogP) is 2.80. The van der Waals surface area contributed by atoms with Gasteiger partial charge >= 0.3 is 0 Å². The van der Waals surface area contributed by atoms with Crippen LogP contribution in [0.2, 0.25) is 5.02 Å². The Morgan fingerprint density at radius 3 is 2.79 bits per heavy atom. The van der Waals surface area contributed by atoms with Gasteiger partial charge in [0.25, 0.3) is 5.91 Å². The number of nitrogens with two attached hydrogens (primary N) is 1. The van der Waals surface area contributed by atoms with E-state index in [1.165, 1.54) is 7.11 Å². The SMILES string of the molecule is COc1ccc(C(N)=O)c(OCc2cc(Cl)c3c(c2)OCCO3)c1. The zero-order chi connectivity index (χ0) is 17.1. The topological polar surface area (TPSA) is 80.0 Å². The minimum atomic E-state index is -0.576. The second-order valence-corrected chi connectivity index (χ2v) is 5.52. The Hall–Kier alpha value is -2.60. The molecule has 0 unspecified atom stereocenters. The van der Waals surface area contributed by atoms with Gasteiger partial charge in [-0.05, 0) is 29.8 Å². The van der Waals surface area contributed by atoms with Crippen LogP contribution >= 0.6 is 11.6 Å². The maximum atomic E-state index is 11.5. The third-order valence-electron chi connectivity index (χ3n) is 3.51. The van der Waals surface area contributed by atoms with E-state index in [2.05, 4.69) is 0 Å². The van der Waals surface area contributed by atoms with Gasteiger partial charge in [0.1, 0.15) is 31.3 Å². The Morgan fingerprint density at radius 1 is 1.25 bits per heavy atom. The molecule has 126 valence electrons. The first-order chi connectivity index (χ1) is 11.6. The van der Waals surface area contributed by atoms with Gasteiger partial charge in [0.2, 0.25) is 0 Å². The molecular weight excluding hydrogens is 334 g/mol. The molecular formula is C17H16ClNO5. The molecule has 2 aromatic carbocycles. The summed E-state index contributed by atoms with van der Waals surface area (Å²) in [5, 5.41) is 0.451. The molecule has 7 heteroatoms. The Kier molecular flexibility index (Phi) is 4.66. The van der Waals surface area contributed by atoms with Crippen molar-refractivity contribution in [1.29, 1.82) is 0 Å². The van der Waals surface area contributed by atoms with Crippen LogP contribution in [0.1, 0.15) is 15.9 Å². The van der Waals surface area contributed by atoms with Gasteiger partial charge in [-0.2, -0.15) is 0 Å². The Morgan fingerprint density at radius 2 is 2.04 bits per heavy atom. The number of primary amides is 1. The summed E-state index contributed by atoms with van der Waals surface area (Å²) in [7, 11) is 1.53. The number of carbonyl (C=O) groups excluding carboxylic acids is 1. The smallest absolute Gasteiger partial charge is 0.252 e. The molecule has 0 fully saturated rings. The van der Waals surface area contributed by atoms with Crippen LogP contribution in [0.15, 0.2) is 30.3 Å². The third kappa shape index (κ3) is 3.33. The molecule has 0 aliphatic carbocycles. The van der Waals surface area contributed by atoms with Gasteiger partial charge in [0, 0.05) is 6.07 Å². The van der Waals surface area contributed by atoms with Gasteiger partial charge in [-0.3, -0.25) is 4.79 Å². The highest BCUT2D eigenvalue weighted by Gasteiger charge is 2.17. The molecule has 2 N–H and O–H groups in total. The second kappa shape index (κ2) is 6.88. The monoisotopic (exact) mass is 349 g/mol. The van der Waals surface area contributed by atoms with Crippen molar-refractivity contribution < 1.29 is 23.7 Å². The van der Waals surface area contributed by atoms with E-state index in [-0.39, 0.29) is 12.2 Å². The fourth-order valence-corrected chi connectivity index (χ4v) is 2.65. The number of ether oxygens (including phenoxy) is 4. The molecule has 0 bridgehead atoms. The summed E-state index contributed by atoms with van der Waals surface area (Å²) in [5.41, 5.74) is 6.43. The zero-order valence-corrected chi connectivity index (χ0v) is 13.8. The normalized spacial score (nSPS) is 12.6. The number of benzene rings is 2. The molecule has 1 amide bonds. The second-order valence-electron chi connectivity index (χ2n) is 5.12. The van der Waals surface area contributed by atoms with Crippen molar-refractivity contribution >= 4 is 17.5 Å². The van der Waals surface area contributed by atoms with Gasteiger partial charge < -0.3 is 24.7 Å². The lowest BCUT2D eigenvalue weighted by molar-refractivity contribution is 0.0996.